The number of guanidine groups is 1. The standard InChI is InChI=1S/C13H28N4O.HI/c1-12(2)16-13(14-3)15-6-4-5-7-17-8-10-18-11-9-17;/h12H,4-11H2,1-3H3,(H2,14,15,16);1H. The van der Waals surface area contributed by atoms with Gasteiger partial charge < -0.3 is 15.4 Å². The first kappa shape index (κ1) is 18.9. The first-order valence-electron chi connectivity index (χ1n) is 6.99. The van der Waals surface area contributed by atoms with Crippen molar-refractivity contribution in [3.05, 3.63) is 0 Å². The molecule has 0 bridgehead atoms. The van der Waals surface area contributed by atoms with E-state index >= 15 is 0 Å². The third-order valence-electron chi connectivity index (χ3n) is 2.95. The molecule has 2 N–H and O–H groups in total. The molecule has 6 heteroatoms. The normalized spacial score (nSPS) is 17.2. The maximum Gasteiger partial charge on any atom is 0.191 e. The minimum atomic E-state index is 0. The minimum Gasteiger partial charge on any atom is -0.379 e. The molecule has 1 aliphatic heterocycles. The number of morpholine rings is 1. The summed E-state index contributed by atoms with van der Waals surface area (Å²) in [6.45, 7) is 10.4. The van der Waals surface area contributed by atoms with Gasteiger partial charge in [0, 0.05) is 32.7 Å². The molecule has 19 heavy (non-hydrogen) atoms. The maximum absolute atomic E-state index is 5.33. The van der Waals surface area contributed by atoms with E-state index in [0.717, 1.165) is 38.8 Å². The molecule has 5 nitrogen and oxygen atoms in total. The second kappa shape index (κ2) is 11.7. The molecule has 1 fully saturated rings. The van der Waals surface area contributed by atoms with Gasteiger partial charge in [-0.3, -0.25) is 9.89 Å². The Bertz CT molecular complexity index is 243. The van der Waals surface area contributed by atoms with Crippen molar-refractivity contribution < 1.29 is 4.74 Å². The van der Waals surface area contributed by atoms with Crippen LogP contribution in [0, 0.1) is 0 Å². The zero-order valence-electron chi connectivity index (χ0n) is 12.4. The summed E-state index contributed by atoms with van der Waals surface area (Å²) in [5.41, 5.74) is 0. The highest BCUT2D eigenvalue weighted by atomic mass is 127. The molecule has 0 radical (unpaired) electrons. The van der Waals surface area contributed by atoms with Gasteiger partial charge in [-0.1, -0.05) is 0 Å². The molecular weight excluding hydrogens is 355 g/mol. The van der Waals surface area contributed by atoms with Crippen molar-refractivity contribution in [1.29, 1.82) is 0 Å². The summed E-state index contributed by atoms with van der Waals surface area (Å²) in [7, 11) is 1.81. The van der Waals surface area contributed by atoms with Crippen molar-refractivity contribution in [2.45, 2.75) is 32.7 Å². The highest BCUT2D eigenvalue weighted by molar-refractivity contribution is 14.0. The Hall–Kier alpha value is -0.0800. The number of hydrogen-bond donors (Lipinski definition) is 2. The van der Waals surface area contributed by atoms with Crippen LogP contribution in [-0.4, -0.2) is 63.3 Å². The third-order valence-corrected chi connectivity index (χ3v) is 2.95. The summed E-state index contributed by atoms with van der Waals surface area (Å²) in [5, 5.41) is 6.62. The Balaban J connectivity index is 0.00000324. The van der Waals surface area contributed by atoms with Crippen molar-refractivity contribution >= 4 is 29.9 Å². The summed E-state index contributed by atoms with van der Waals surface area (Å²) >= 11 is 0. The number of nitrogens with one attached hydrogen (secondary N) is 2. The van der Waals surface area contributed by atoms with E-state index in [4.69, 9.17) is 4.74 Å². The van der Waals surface area contributed by atoms with Gasteiger partial charge in [0.15, 0.2) is 5.96 Å². The lowest BCUT2D eigenvalue weighted by Crippen LogP contribution is -2.41. The van der Waals surface area contributed by atoms with E-state index in [-0.39, 0.29) is 24.0 Å². The predicted molar refractivity (Wildman–Crippen MR) is 91.5 cm³/mol. The van der Waals surface area contributed by atoms with E-state index in [2.05, 4.69) is 34.4 Å². The van der Waals surface area contributed by atoms with Crippen LogP contribution in [-0.2, 0) is 4.74 Å². The lowest BCUT2D eigenvalue weighted by molar-refractivity contribution is 0.0372. The fourth-order valence-electron chi connectivity index (χ4n) is 1.96. The monoisotopic (exact) mass is 384 g/mol. The van der Waals surface area contributed by atoms with Gasteiger partial charge in [0.25, 0.3) is 0 Å². The van der Waals surface area contributed by atoms with Crippen molar-refractivity contribution in [1.82, 2.24) is 15.5 Å². The van der Waals surface area contributed by atoms with Gasteiger partial charge in [-0.15, -0.1) is 24.0 Å². The van der Waals surface area contributed by atoms with E-state index in [1.165, 1.54) is 19.4 Å². The fourth-order valence-corrected chi connectivity index (χ4v) is 1.96. The van der Waals surface area contributed by atoms with Crippen LogP contribution in [0.3, 0.4) is 0 Å². The van der Waals surface area contributed by atoms with E-state index in [0.29, 0.717) is 6.04 Å². The van der Waals surface area contributed by atoms with Gasteiger partial charge in [0.05, 0.1) is 13.2 Å². The van der Waals surface area contributed by atoms with Crippen molar-refractivity contribution in [3.8, 4) is 0 Å². The summed E-state index contributed by atoms with van der Waals surface area (Å²) in [4.78, 5) is 6.66. The molecule has 0 atom stereocenters. The van der Waals surface area contributed by atoms with Gasteiger partial charge in [0.1, 0.15) is 0 Å². The molecule has 0 aliphatic carbocycles. The Morgan fingerprint density at radius 2 is 1.95 bits per heavy atom. The molecule has 1 rings (SSSR count). The van der Waals surface area contributed by atoms with Crippen LogP contribution in [0.4, 0.5) is 0 Å². The Kier molecular flexibility index (Phi) is 11.7. The molecule has 0 saturated carbocycles. The van der Waals surface area contributed by atoms with Gasteiger partial charge in [-0.05, 0) is 33.2 Å². The van der Waals surface area contributed by atoms with Gasteiger partial charge in [-0.25, -0.2) is 0 Å². The average molecular weight is 384 g/mol. The largest absolute Gasteiger partial charge is 0.379 e. The van der Waals surface area contributed by atoms with Crippen LogP contribution >= 0.6 is 24.0 Å². The first-order valence-corrected chi connectivity index (χ1v) is 6.99. The van der Waals surface area contributed by atoms with Crippen molar-refractivity contribution in [3.63, 3.8) is 0 Å². The molecule has 0 amide bonds. The second-order valence-electron chi connectivity index (χ2n) is 4.96. The molecule has 0 aromatic carbocycles. The van der Waals surface area contributed by atoms with Crippen LogP contribution in [0.2, 0.25) is 0 Å². The number of nitrogens with zero attached hydrogens (tertiary/aromatic N) is 2. The van der Waals surface area contributed by atoms with Crippen LogP contribution in [0.5, 0.6) is 0 Å². The highest BCUT2D eigenvalue weighted by Gasteiger charge is 2.08. The number of halogens is 1. The fraction of sp³-hybridized carbons (Fsp3) is 0.923. The molecular formula is C13H29IN4O. The average Bonchev–Trinajstić information content (AvgIpc) is 2.37. The summed E-state index contributed by atoms with van der Waals surface area (Å²) in [5.74, 6) is 0.899. The van der Waals surface area contributed by atoms with Gasteiger partial charge in [-0.2, -0.15) is 0 Å². The van der Waals surface area contributed by atoms with Crippen LogP contribution in [0.1, 0.15) is 26.7 Å². The molecule has 0 unspecified atom stereocenters. The molecule has 0 aromatic heterocycles. The van der Waals surface area contributed by atoms with Crippen molar-refractivity contribution in [2.75, 3.05) is 46.4 Å². The van der Waals surface area contributed by atoms with Crippen LogP contribution < -0.4 is 10.6 Å². The zero-order valence-corrected chi connectivity index (χ0v) is 14.8. The predicted octanol–water partition coefficient (Wildman–Crippen LogP) is 1.29. The number of unbranched alkanes of at least 4 members (excludes halogenated alkanes) is 1. The van der Waals surface area contributed by atoms with E-state index in [1.54, 1.807) is 0 Å². The number of hydrogen-bond acceptors (Lipinski definition) is 3. The van der Waals surface area contributed by atoms with E-state index in [1.807, 2.05) is 7.05 Å². The Morgan fingerprint density at radius 3 is 2.53 bits per heavy atom. The van der Waals surface area contributed by atoms with Gasteiger partial charge >= 0.3 is 0 Å². The molecule has 1 aliphatic rings. The topological polar surface area (TPSA) is 48.9 Å². The van der Waals surface area contributed by atoms with Crippen LogP contribution in [0.25, 0.3) is 0 Å². The number of rotatable bonds is 6. The molecule has 114 valence electrons. The smallest absolute Gasteiger partial charge is 0.191 e. The minimum absolute atomic E-state index is 0. The third kappa shape index (κ3) is 9.45. The quantitative estimate of drug-likeness (QED) is 0.314. The van der Waals surface area contributed by atoms with Gasteiger partial charge in [0.2, 0.25) is 0 Å². The van der Waals surface area contributed by atoms with Crippen LogP contribution in [0.15, 0.2) is 4.99 Å². The highest BCUT2D eigenvalue weighted by Crippen LogP contribution is 1.99. The Morgan fingerprint density at radius 1 is 1.26 bits per heavy atom. The molecule has 0 spiro atoms. The lowest BCUT2D eigenvalue weighted by Gasteiger charge is -2.26. The lowest BCUT2D eigenvalue weighted by atomic mass is 10.2. The molecule has 1 saturated heterocycles. The number of aliphatic imine (C=N–C) groups is 1. The first-order chi connectivity index (χ1) is 8.72. The second-order valence-corrected chi connectivity index (χ2v) is 4.96. The number of ether oxygens (including phenoxy) is 1. The maximum atomic E-state index is 5.33. The van der Waals surface area contributed by atoms with Crippen molar-refractivity contribution in [2.24, 2.45) is 4.99 Å². The molecule has 1 heterocycles. The summed E-state index contributed by atoms with van der Waals surface area (Å²) in [6.07, 6.45) is 2.40. The summed E-state index contributed by atoms with van der Waals surface area (Å²) in [6, 6.07) is 0.421. The zero-order chi connectivity index (χ0) is 13.2. The van der Waals surface area contributed by atoms with E-state index in [9.17, 15) is 0 Å². The summed E-state index contributed by atoms with van der Waals surface area (Å²) < 4.78 is 5.33. The van der Waals surface area contributed by atoms with E-state index < -0.39 is 0 Å². The molecule has 0 aromatic rings. The Labute approximate surface area is 134 Å². The SMILES string of the molecule is CN=C(NCCCCN1CCOCC1)NC(C)C.I.